The molecular weight excluding hydrogens is 275 g/mol. The Bertz CT molecular complexity index is 785. The Morgan fingerprint density at radius 2 is 2.52 bits per heavy atom. The van der Waals surface area contributed by atoms with Crippen LogP contribution in [-0.4, -0.2) is 31.3 Å². The van der Waals surface area contributed by atoms with Crippen LogP contribution in [0, 0.1) is 18.2 Å². The summed E-state index contributed by atoms with van der Waals surface area (Å²) in [5.74, 6) is 1.77. The summed E-state index contributed by atoms with van der Waals surface area (Å²) in [5, 5.41) is 10.4. The van der Waals surface area contributed by atoms with Gasteiger partial charge in [-0.25, -0.2) is 14.4 Å². The molecule has 0 unspecified atom stereocenters. The number of aliphatic hydroxyl groups is 1. The van der Waals surface area contributed by atoms with Crippen molar-refractivity contribution in [2.24, 2.45) is 0 Å². The number of terminal acetylenes is 1. The molecule has 0 radical (unpaired) electrons. The Balaban J connectivity index is 2.12. The van der Waals surface area contributed by atoms with E-state index in [9.17, 15) is 9.50 Å². The minimum atomic E-state index is -1.98. The topological polar surface area (TPSA) is 86.2 Å². The smallest absolute Gasteiger partial charge is 0.156 e. The molecule has 0 aliphatic carbocycles. The Morgan fingerprint density at radius 3 is 3.14 bits per heavy atom. The highest BCUT2D eigenvalue weighted by atomic mass is 19.1. The maximum atomic E-state index is 14.1. The number of nitrogens with zero attached hydrogens (tertiary/aromatic N) is 3. The second-order valence-electron chi connectivity index (χ2n) is 4.89. The Hall–Kier alpha value is -2.17. The molecule has 1 fully saturated rings. The number of nitrogens with two attached hydrogens (primary N) is 1. The normalized spacial score (nSPS) is 33.0. The van der Waals surface area contributed by atoms with Crippen LogP contribution in [0.15, 0.2) is 12.5 Å². The molecule has 0 amide bonds. The third kappa shape index (κ3) is 1.87. The third-order valence-electron chi connectivity index (χ3n) is 3.81. The molecule has 1 saturated heterocycles. The molecule has 3 heterocycles. The van der Waals surface area contributed by atoms with E-state index in [4.69, 9.17) is 18.3 Å². The van der Waals surface area contributed by atoms with E-state index in [0.29, 0.717) is 0 Å². The van der Waals surface area contributed by atoms with E-state index >= 15 is 0 Å². The van der Waals surface area contributed by atoms with Gasteiger partial charge in [-0.2, -0.15) is 0 Å². The van der Waals surface area contributed by atoms with Crippen molar-refractivity contribution in [1.29, 1.82) is 0 Å². The van der Waals surface area contributed by atoms with Gasteiger partial charge < -0.3 is 20.1 Å². The molecule has 0 spiro atoms. The summed E-state index contributed by atoms with van der Waals surface area (Å²) >= 11 is 0. The fourth-order valence-electron chi connectivity index (χ4n) is 2.62. The average molecular weight is 291 g/mol. The monoisotopic (exact) mass is 291 g/mol. The van der Waals surface area contributed by atoms with Crippen LogP contribution >= 0.6 is 0 Å². The Morgan fingerprint density at radius 1 is 1.76 bits per heavy atom. The number of ether oxygens (including phenoxy) is 1. The van der Waals surface area contributed by atoms with Crippen molar-refractivity contribution in [2.45, 2.75) is 37.7 Å². The van der Waals surface area contributed by atoms with Crippen molar-refractivity contribution in [1.82, 2.24) is 14.5 Å². The van der Waals surface area contributed by atoms with Crippen molar-refractivity contribution in [3.63, 3.8) is 0 Å². The molecule has 3 rings (SSSR count). The predicted octanol–water partition coefficient (Wildman–Crippen LogP) is 1.21. The van der Waals surface area contributed by atoms with Crippen molar-refractivity contribution < 1.29 is 15.6 Å². The summed E-state index contributed by atoms with van der Waals surface area (Å²) in [6.45, 7) is 1.72. The van der Waals surface area contributed by atoms with Crippen LogP contribution in [-0.2, 0) is 4.74 Å². The quantitative estimate of drug-likeness (QED) is 0.812. The summed E-state index contributed by atoms with van der Waals surface area (Å²) in [5.41, 5.74) is 4.44. The lowest BCUT2D eigenvalue weighted by molar-refractivity contribution is -0.0648. The zero-order valence-electron chi connectivity index (χ0n) is 12.4. The molecule has 2 aromatic heterocycles. The van der Waals surface area contributed by atoms with E-state index < -0.39 is 23.7 Å². The van der Waals surface area contributed by atoms with E-state index in [1.54, 1.807) is 6.92 Å². The highest BCUT2D eigenvalue weighted by molar-refractivity contribution is 5.86. The van der Waals surface area contributed by atoms with E-state index in [-0.39, 0.29) is 29.7 Å². The minimum absolute atomic E-state index is 0.0130. The number of nitrogen functional groups attached to an aromatic ring is 1. The number of rotatable bonds is 2. The number of hydrogen-bond donors (Lipinski definition) is 2. The van der Waals surface area contributed by atoms with Gasteiger partial charge in [0.25, 0.3) is 0 Å². The van der Waals surface area contributed by atoms with E-state index in [1.165, 1.54) is 17.1 Å². The maximum Gasteiger partial charge on any atom is 0.156 e. The second kappa shape index (κ2) is 4.69. The largest absolute Gasteiger partial charge is 0.389 e. The first kappa shape index (κ1) is 12.6. The molecule has 3 N–H and O–H groups in total. The van der Waals surface area contributed by atoms with Crippen LogP contribution < -0.4 is 5.73 Å². The number of anilines is 1. The minimum Gasteiger partial charge on any atom is -0.389 e. The summed E-state index contributed by atoms with van der Waals surface area (Å²) in [6, 6.07) is 0. The Labute approximate surface area is 122 Å². The summed E-state index contributed by atoms with van der Waals surface area (Å²) < 4.78 is 29.3. The third-order valence-corrected chi connectivity index (χ3v) is 3.81. The number of fused-ring (bicyclic) bond motifs is 1. The molecule has 0 bridgehead atoms. The van der Waals surface area contributed by atoms with Crippen LogP contribution in [0.2, 0.25) is 0 Å². The van der Waals surface area contributed by atoms with Crippen LogP contribution in [0.4, 0.5) is 10.2 Å². The average Bonchev–Trinajstić information content (AvgIpc) is 2.94. The molecule has 6 nitrogen and oxygen atoms in total. The van der Waals surface area contributed by atoms with Gasteiger partial charge in [0, 0.05) is 12.6 Å². The second-order valence-corrected chi connectivity index (χ2v) is 4.89. The van der Waals surface area contributed by atoms with E-state index in [2.05, 4.69) is 15.9 Å². The molecule has 21 heavy (non-hydrogen) atoms. The number of hydrogen-bond acceptors (Lipinski definition) is 5. The van der Waals surface area contributed by atoms with Crippen molar-refractivity contribution in [3.8, 4) is 12.3 Å². The highest BCUT2D eigenvalue weighted by Crippen LogP contribution is 2.40. The summed E-state index contributed by atoms with van der Waals surface area (Å²) in [7, 11) is 0. The SMILES string of the molecule is [2H][C@@]1(O)C[C@H](n2cc(F)c3c(N)ncnc32)O[C@]1(C#C)CC. The molecule has 110 valence electrons. The summed E-state index contributed by atoms with van der Waals surface area (Å²) in [6.07, 6.45) is 5.17. The van der Waals surface area contributed by atoms with Gasteiger partial charge in [0.1, 0.15) is 18.4 Å². The molecule has 0 saturated carbocycles. The van der Waals surface area contributed by atoms with Gasteiger partial charge in [0.2, 0.25) is 0 Å². The maximum absolute atomic E-state index is 14.1. The lowest BCUT2D eigenvalue weighted by Gasteiger charge is -2.24. The van der Waals surface area contributed by atoms with Crippen LogP contribution in [0.3, 0.4) is 0 Å². The van der Waals surface area contributed by atoms with Gasteiger partial charge in [-0.15, -0.1) is 6.42 Å². The zero-order valence-corrected chi connectivity index (χ0v) is 11.4. The number of aromatic nitrogens is 3. The molecule has 1 aliphatic rings. The lowest BCUT2D eigenvalue weighted by Crippen LogP contribution is -2.36. The van der Waals surface area contributed by atoms with Crippen LogP contribution in [0.5, 0.6) is 0 Å². The van der Waals surface area contributed by atoms with Gasteiger partial charge >= 0.3 is 0 Å². The van der Waals surface area contributed by atoms with Gasteiger partial charge in [-0.3, -0.25) is 0 Å². The first-order valence-corrected chi connectivity index (χ1v) is 6.49. The first-order valence-electron chi connectivity index (χ1n) is 6.99. The van der Waals surface area contributed by atoms with Gasteiger partial charge in [0.05, 0.1) is 12.8 Å². The Kier molecular flexibility index (Phi) is 2.80. The lowest BCUT2D eigenvalue weighted by atomic mass is 9.95. The van der Waals surface area contributed by atoms with Crippen LogP contribution in [0.1, 0.15) is 27.4 Å². The first-order chi connectivity index (χ1) is 10.3. The molecular formula is C14H15FN4O2. The van der Waals surface area contributed by atoms with Crippen molar-refractivity contribution in [3.05, 3.63) is 18.3 Å². The zero-order chi connectivity index (χ0) is 16.1. The van der Waals surface area contributed by atoms with Gasteiger partial charge in [-0.1, -0.05) is 12.8 Å². The van der Waals surface area contributed by atoms with Crippen molar-refractivity contribution in [2.75, 3.05) is 5.73 Å². The van der Waals surface area contributed by atoms with E-state index in [0.717, 1.165) is 0 Å². The fraction of sp³-hybridized carbons (Fsp3) is 0.429. The van der Waals surface area contributed by atoms with Gasteiger partial charge in [-0.05, 0) is 6.42 Å². The van der Waals surface area contributed by atoms with Crippen molar-refractivity contribution >= 4 is 16.9 Å². The van der Waals surface area contributed by atoms with Gasteiger partial charge in [0.15, 0.2) is 17.1 Å². The molecule has 0 aromatic carbocycles. The molecule has 2 aromatic rings. The summed E-state index contributed by atoms with van der Waals surface area (Å²) in [4.78, 5) is 7.76. The predicted molar refractivity (Wildman–Crippen MR) is 74.5 cm³/mol. The molecule has 1 aliphatic heterocycles. The van der Waals surface area contributed by atoms with Crippen LogP contribution in [0.25, 0.3) is 11.0 Å². The molecule has 7 heteroatoms. The number of halogens is 1. The molecule has 3 atom stereocenters. The fourth-order valence-corrected chi connectivity index (χ4v) is 2.62. The standard InChI is InChI=1S/C14H15FN4O2/c1-3-14(4-2)9(20)5-10(21-14)19-6-8(15)11-12(16)17-7-18-13(11)19/h1,6-7,9-10,20H,4-5H2,2H3,(H2,16,17,18)/t9-,10-,14-/m1/s1/i9D. The van der Waals surface area contributed by atoms with E-state index in [1.807, 2.05) is 0 Å². The highest BCUT2D eigenvalue weighted by Gasteiger charge is 2.46.